The van der Waals surface area contributed by atoms with Crippen LogP contribution in [0.4, 0.5) is 0 Å². The molecule has 12 nitrogen and oxygen atoms in total. The number of carbonyl (C=O) groups excluding carboxylic acids is 6. The Morgan fingerprint density at radius 3 is 1.21 bits per heavy atom. The molecule has 0 N–H and O–H groups in total. The number of hydrogen-bond donors (Lipinski definition) is 0. The molecule has 0 saturated heterocycles. The number of carbonyl (C=O) groups is 6. The van der Waals surface area contributed by atoms with Gasteiger partial charge in [-0.1, -0.05) is 72.8 Å². The Labute approximate surface area is 303 Å². The van der Waals surface area contributed by atoms with Crippen molar-refractivity contribution in [1.82, 2.24) is 9.80 Å². The molecule has 266 valence electrons. The summed E-state index contributed by atoms with van der Waals surface area (Å²) in [5.41, 5.74) is 5.76. The minimum absolute atomic E-state index is 0.0654. The zero-order valence-electron chi connectivity index (χ0n) is 28.3. The summed E-state index contributed by atoms with van der Waals surface area (Å²) in [6.07, 6.45) is 4.43. The second-order valence-corrected chi connectivity index (χ2v) is 12.2. The lowest BCUT2D eigenvalue weighted by atomic mass is 9.68. The van der Waals surface area contributed by atoms with Crippen LogP contribution in [-0.4, -0.2) is 84.9 Å². The quantitative estimate of drug-likeness (QED) is 0.0949. The summed E-state index contributed by atoms with van der Waals surface area (Å²) in [7, 11) is 0. The molecular formula is C41H32N2O10. The van der Waals surface area contributed by atoms with Gasteiger partial charge in [-0.25, -0.2) is 0 Å². The van der Waals surface area contributed by atoms with Gasteiger partial charge in [0.2, 0.25) is 0 Å². The van der Waals surface area contributed by atoms with E-state index in [9.17, 15) is 28.8 Å². The summed E-state index contributed by atoms with van der Waals surface area (Å²) in [4.78, 5) is 72.7. The van der Waals surface area contributed by atoms with Crippen molar-refractivity contribution in [2.45, 2.75) is 5.41 Å². The van der Waals surface area contributed by atoms with Crippen LogP contribution >= 0.6 is 0 Å². The Bertz CT molecular complexity index is 1980. The third-order valence-corrected chi connectivity index (χ3v) is 9.13. The van der Waals surface area contributed by atoms with E-state index >= 15 is 0 Å². The average Bonchev–Trinajstić information content (AvgIpc) is 3.78. The first-order chi connectivity index (χ1) is 25.8. The maximum atomic E-state index is 12.1. The van der Waals surface area contributed by atoms with E-state index in [2.05, 4.69) is 24.3 Å². The van der Waals surface area contributed by atoms with Crippen LogP contribution in [0.3, 0.4) is 0 Å². The third-order valence-electron chi connectivity index (χ3n) is 9.13. The first-order valence-corrected chi connectivity index (χ1v) is 16.8. The molecule has 53 heavy (non-hydrogen) atoms. The van der Waals surface area contributed by atoms with Gasteiger partial charge >= 0.3 is 11.9 Å². The number of rotatable bonds is 14. The minimum atomic E-state index is -0.710. The molecule has 12 heteroatoms. The van der Waals surface area contributed by atoms with E-state index in [1.807, 2.05) is 72.8 Å². The molecule has 4 amide bonds. The topological polar surface area (TPSA) is 146 Å². The number of imide groups is 2. The zero-order valence-corrected chi connectivity index (χ0v) is 28.3. The second-order valence-electron chi connectivity index (χ2n) is 12.2. The van der Waals surface area contributed by atoms with Gasteiger partial charge in [0.1, 0.15) is 51.0 Å². The number of nitrogens with zero attached hydrogens (tertiary/aromatic N) is 2. The van der Waals surface area contributed by atoms with Crippen LogP contribution in [0.5, 0.6) is 11.5 Å². The molecule has 0 aromatic heterocycles. The largest absolute Gasteiger partial charge is 0.490 e. The van der Waals surface area contributed by atoms with Crippen LogP contribution in [0.15, 0.2) is 121 Å². The fourth-order valence-corrected chi connectivity index (χ4v) is 6.78. The van der Waals surface area contributed by atoms with Crippen LogP contribution < -0.4 is 9.47 Å². The fraction of sp³-hybridized carbons (Fsp3) is 0.171. The Morgan fingerprint density at radius 2 is 0.830 bits per heavy atom. The monoisotopic (exact) mass is 712 g/mol. The van der Waals surface area contributed by atoms with Gasteiger partial charge in [0.15, 0.2) is 0 Å². The number of amides is 4. The third kappa shape index (κ3) is 6.81. The SMILES string of the molecule is O=C(CN1C(=O)C=CC1=O)OCCOc1ccc(C2(c3ccc(OCCOC(=O)CN4C(=O)C=CC4=O)cc3)c3ccccc3-c3ccccc32)cc1. The van der Waals surface area contributed by atoms with Crippen molar-refractivity contribution in [2.75, 3.05) is 39.5 Å². The minimum Gasteiger partial charge on any atom is -0.490 e. The number of benzene rings is 4. The summed E-state index contributed by atoms with van der Waals surface area (Å²) in [6.45, 7) is -0.916. The van der Waals surface area contributed by atoms with Crippen LogP contribution in [0.1, 0.15) is 22.3 Å². The molecule has 7 rings (SSSR count). The van der Waals surface area contributed by atoms with Gasteiger partial charge in [-0.3, -0.25) is 38.6 Å². The van der Waals surface area contributed by atoms with Crippen LogP contribution in [0, 0.1) is 0 Å². The zero-order chi connectivity index (χ0) is 37.0. The Morgan fingerprint density at radius 1 is 0.472 bits per heavy atom. The Balaban J connectivity index is 1.04. The van der Waals surface area contributed by atoms with E-state index in [0.29, 0.717) is 11.5 Å². The summed E-state index contributed by atoms with van der Waals surface area (Å²) in [5.74, 6) is -2.51. The predicted octanol–water partition coefficient (Wildman–Crippen LogP) is 3.74. The molecule has 0 atom stereocenters. The van der Waals surface area contributed by atoms with Gasteiger partial charge in [0, 0.05) is 24.3 Å². The highest BCUT2D eigenvalue weighted by Gasteiger charge is 2.45. The summed E-state index contributed by atoms with van der Waals surface area (Å²) in [5, 5.41) is 0. The summed E-state index contributed by atoms with van der Waals surface area (Å²) in [6, 6.07) is 32.1. The van der Waals surface area contributed by atoms with E-state index in [-0.39, 0.29) is 26.4 Å². The summed E-state index contributed by atoms with van der Waals surface area (Å²) >= 11 is 0. The van der Waals surface area contributed by atoms with Gasteiger partial charge in [0.05, 0.1) is 5.41 Å². The molecule has 3 aliphatic rings. The molecule has 1 aliphatic carbocycles. The van der Waals surface area contributed by atoms with E-state index in [0.717, 1.165) is 67.5 Å². The van der Waals surface area contributed by atoms with Crippen molar-refractivity contribution in [3.05, 3.63) is 144 Å². The van der Waals surface area contributed by atoms with Gasteiger partial charge < -0.3 is 18.9 Å². The van der Waals surface area contributed by atoms with Crippen molar-refractivity contribution in [1.29, 1.82) is 0 Å². The lowest BCUT2D eigenvalue weighted by molar-refractivity contribution is -0.152. The van der Waals surface area contributed by atoms with Crippen LogP contribution in [-0.2, 0) is 43.7 Å². The van der Waals surface area contributed by atoms with Gasteiger partial charge in [-0.05, 0) is 57.6 Å². The molecule has 2 aliphatic heterocycles. The van der Waals surface area contributed by atoms with E-state index in [1.54, 1.807) is 0 Å². The molecule has 0 unspecified atom stereocenters. The summed E-state index contributed by atoms with van der Waals surface area (Å²) < 4.78 is 22.1. The van der Waals surface area contributed by atoms with Crippen molar-refractivity contribution in [2.24, 2.45) is 0 Å². The molecule has 2 heterocycles. The lowest BCUT2D eigenvalue weighted by Gasteiger charge is -2.34. The van der Waals surface area contributed by atoms with E-state index in [1.165, 1.54) is 0 Å². The molecule has 0 spiro atoms. The number of fused-ring (bicyclic) bond motifs is 3. The van der Waals surface area contributed by atoms with E-state index in [4.69, 9.17) is 18.9 Å². The fourth-order valence-electron chi connectivity index (χ4n) is 6.78. The first-order valence-electron chi connectivity index (χ1n) is 16.8. The smallest absolute Gasteiger partial charge is 0.326 e. The first kappa shape index (κ1) is 34.6. The lowest BCUT2D eigenvalue weighted by Crippen LogP contribution is -2.36. The van der Waals surface area contributed by atoms with Gasteiger partial charge in [-0.15, -0.1) is 0 Å². The number of hydrogen-bond acceptors (Lipinski definition) is 10. The predicted molar refractivity (Wildman–Crippen MR) is 188 cm³/mol. The van der Waals surface area contributed by atoms with Crippen molar-refractivity contribution in [3.8, 4) is 22.6 Å². The Hall–Kier alpha value is -6.82. The average molecular weight is 713 g/mol. The normalized spacial score (nSPS) is 15.1. The highest BCUT2D eigenvalue weighted by atomic mass is 16.6. The van der Waals surface area contributed by atoms with Crippen molar-refractivity contribution >= 4 is 35.6 Å². The highest BCUT2D eigenvalue weighted by molar-refractivity contribution is 6.14. The molecular weight excluding hydrogens is 680 g/mol. The van der Waals surface area contributed by atoms with Crippen molar-refractivity contribution in [3.63, 3.8) is 0 Å². The number of ether oxygens (including phenoxy) is 4. The molecule has 4 aromatic rings. The number of esters is 2. The molecule has 4 aromatic carbocycles. The highest BCUT2D eigenvalue weighted by Crippen LogP contribution is 2.56. The van der Waals surface area contributed by atoms with Gasteiger partial charge in [-0.2, -0.15) is 0 Å². The van der Waals surface area contributed by atoms with Crippen molar-refractivity contribution < 1.29 is 47.7 Å². The van der Waals surface area contributed by atoms with Gasteiger partial charge in [0.25, 0.3) is 23.6 Å². The maximum Gasteiger partial charge on any atom is 0.326 e. The molecule has 0 saturated carbocycles. The van der Waals surface area contributed by atoms with E-state index < -0.39 is 54.1 Å². The maximum absolute atomic E-state index is 12.1. The standard InChI is InChI=1S/C41H32N2O10/c44-35-17-18-36(45)42(35)25-39(48)52-23-21-50-29-13-9-27(10-14-29)41(33-7-3-1-5-31(33)32-6-2-4-8-34(32)41)28-11-15-30(16-12-28)51-22-24-53-40(49)26-43-37(46)19-20-38(43)47/h1-20H,21-26H2. The molecule has 0 fully saturated rings. The molecule has 0 radical (unpaired) electrons. The van der Waals surface area contributed by atoms with Crippen LogP contribution in [0.25, 0.3) is 11.1 Å². The Kier molecular flexibility index (Phi) is 9.67. The van der Waals surface area contributed by atoms with Crippen LogP contribution in [0.2, 0.25) is 0 Å². The molecule has 0 bridgehead atoms. The second kappa shape index (κ2) is 14.8.